The number of piperidine rings is 1. The maximum atomic E-state index is 5.98. The highest BCUT2D eigenvalue weighted by Gasteiger charge is 2.20. The Hall–Kier alpha value is -0.820. The fourth-order valence-corrected chi connectivity index (χ4v) is 3.48. The van der Waals surface area contributed by atoms with Gasteiger partial charge in [-0.3, -0.25) is 4.99 Å². The van der Waals surface area contributed by atoms with Crippen LogP contribution in [0.4, 0.5) is 5.69 Å². The van der Waals surface area contributed by atoms with Gasteiger partial charge in [0.05, 0.1) is 0 Å². The molecular weight excluding hydrogens is 411 g/mol. The fraction of sp³-hybridized carbons (Fsp3) is 0.632. The Morgan fingerprint density at radius 2 is 1.88 bits per heavy atom. The van der Waals surface area contributed by atoms with Crippen molar-refractivity contribution in [3.63, 3.8) is 0 Å². The van der Waals surface area contributed by atoms with Crippen LogP contribution in [0.1, 0.15) is 37.8 Å². The fourth-order valence-electron chi connectivity index (χ4n) is 3.48. The van der Waals surface area contributed by atoms with Gasteiger partial charge in [-0.1, -0.05) is 19.9 Å². The summed E-state index contributed by atoms with van der Waals surface area (Å²) in [4.78, 5) is 7.02. The molecule has 2 unspecified atom stereocenters. The summed E-state index contributed by atoms with van der Waals surface area (Å²) in [5.41, 5.74) is 9.54. The summed E-state index contributed by atoms with van der Waals surface area (Å²) in [6.07, 6.45) is 2.43. The number of nitrogens with zero attached hydrogens (tertiary/aromatic N) is 2. The third-order valence-corrected chi connectivity index (χ3v) is 4.64. The zero-order valence-corrected chi connectivity index (χ0v) is 17.8. The maximum absolute atomic E-state index is 5.98. The first-order chi connectivity index (χ1) is 10.9. The number of aliphatic imine (C=N–C) groups is 1. The Labute approximate surface area is 164 Å². The van der Waals surface area contributed by atoms with Gasteiger partial charge < -0.3 is 16.0 Å². The summed E-state index contributed by atoms with van der Waals surface area (Å²) in [5.74, 6) is 2.14. The lowest BCUT2D eigenvalue weighted by molar-refractivity contribution is 0.140. The molecule has 5 heteroatoms. The minimum Gasteiger partial charge on any atom is -0.370 e. The van der Waals surface area contributed by atoms with Crippen molar-refractivity contribution in [2.75, 3.05) is 31.5 Å². The third kappa shape index (κ3) is 6.97. The van der Waals surface area contributed by atoms with Crippen molar-refractivity contribution in [1.29, 1.82) is 0 Å². The van der Waals surface area contributed by atoms with E-state index in [2.05, 4.69) is 55.0 Å². The van der Waals surface area contributed by atoms with E-state index in [1.807, 2.05) is 6.07 Å². The smallest absolute Gasteiger partial charge is 0.193 e. The second-order valence-electron chi connectivity index (χ2n) is 7.25. The van der Waals surface area contributed by atoms with E-state index in [4.69, 9.17) is 5.73 Å². The number of anilines is 1. The van der Waals surface area contributed by atoms with Crippen molar-refractivity contribution in [3.05, 3.63) is 29.3 Å². The lowest BCUT2D eigenvalue weighted by Crippen LogP contribution is -2.39. The van der Waals surface area contributed by atoms with E-state index in [1.54, 1.807) is 0 Å². The number of guanidine groups is 1. The van der Waals surface area contributed by atoms with E-state index in [0.717, 1.165) is 37.0 Å². The van der Waals surface area contributed by atoms with Gasteiger partial charge in [0.2, 0.25) is 0 Å². The van der Waals surface area contributed by atoms with Crippen LogP contribution in [0.15, 0.2) is 23.2 Å². The highest BCUT2D eigenvalue weighted by molar-refractivity contribution is 14.0. The Bertz CT molecular complexity index is 534. The number of benzene rings is 1. The van der Waals surface area contributed by atoms with Crippen LogP contribution < -0.4 is 11.1 Å². The molecule has 1 aromatic carbocycles. The molecule has 24 heavy (non-hydrogen) atoms. The van der Waals surface area contributed by atoms with Crippen LogP contribution in [0.2, 0.25) is 0 Å². The number of nitrogens with one attached hydrogen (secondary N) is 1. The second-order valence-corrected chi connectivity index (χ2v) is 7.25. The van der Waals surface area contributed by atoms with E-state index in [-0.39, 0.29) is 24.0 Å². The van der Waals surface area contributed by atoms with Crippen LogP contribution in [-0.2, 0) is 0 Å². The molecule has 1 aliphatic rings. The van der Waals surface area contributed by atoms with Crippen LogP contribution in [0, 0.1) is 25.7 Å². The first-order valence-corrected chi connectivity index (χ1v) is 8.80. The molecule has 0 saturated carbocycles. The van der Waals surface area contributed by atoms with Crippen molar-refractivity contribution < 1.29 is 0 Å². The molecule has 0 bridgehead atoms. The molecule has 1 saturated heterocycles. The average Bonchev–Trinajstić information content (AvgIpc) is 2.46. The third-order valence-electron chi connectivity index (χ3n) is 4.64. The van der Waals surface area contributed by atoms with E-state index >= 15 is 0 Å². The van der Waals surface area contributed by atoms with Gasteiger partial charge in [0.1, 0.15) is 0 Å². The monoisotopic (exact) mass is 444 g/mol. The number of nitrogens with two attached hydrogens (primary N) is 1. The molecule has 1 heterocycles. The summed E-state index contributed by atoms with van der Waals surface area (Å²) < 4.78 is 0. The molecule has 2 atom stereocenters. The minimum absolute atomic E-state index is 0. The molecule has 0 radical (unpaired) electrons. The predicted octanol–water partition coefficient (Wildman–Crippen LogP) is 4.02. The topological polar surface area (TPSA) is 53.6 Å². The van der Waals surface area contributed by atoms with Gasteiger partial charge >= 0.3 is 0 Å². The first-order valence-electron chi connectivity index (χ1n) is 8.80. The van der Waals surface area contributed by atoms with Crippen molar-refractivity contribution in [2.45, 2.75) is 40.5 Å². The standard InChI is InChI=1S/C19H32N4.HI/c1-14-10-15(2)13-23(12-14)9-5-8-21-19(20)22-18-7-6-16(3)17(4)11-18;/h6-7,11,14-15H,5,8-10,12-13H2,1-4H3,(H3,20,21,22);1H. The van der Waals surface area contributed by atoms with E-state index in [0.29, 0.717) is 5.96 Å². The van der Waals surface area contributed by atoms with Crippen LogP contribution >= 0.6 is 24.0 Å². The average molecular weight is 444 g/mol. The van der Waals surface area contributed by atoms with Crippen molar-refractivity contribution >= 4 is 35.6 Å². The van der Waals surface area contributed by atoms with E-state index < -0.39 is 0 Å². The van der Waals surface area contributed by atoms with Gasteiger partial charge in [-0.25, -0.2) is 0 Å². The molecule has 136 valence electrons. The normalized spacial score (nSPS) is 22.1. The lowest BCUT2D eigenvalue weighted by Gasteiger charge is -2.34. The molecule has 1 fully saturated rings. The van der Waals surface area contributed by atoms with Crippen LogP contribution in [0.5, 0.6) is 0 Å². The highest BCUT2D eigenvalue weighted by Crippen LogP contribution is 2.20. The van der Waals surface area contributed by atoms with Crippen LogP contribution in [0.3, 0.4) is 0 Å². The van der Waals surface area contributed by atoms with Gasteiger partial charge in [0.25, 0.3) is 0 Å². The number of rotatable bonds is 5. The van der Waals surface area contributed by atoms with E-state index in [9.17, 15) is 0 Å². The molecular formula is C19H33IN4. The number of hydrogen-bond donors (Lipinski definition) is 2. The summed E-state index contributed by atoms with van der Waals surface area (Å²) in [6, 6.07) is 6.25. The van der Waals surface area contributed by atoms with Gasteiger partial charge in [-0.2, -0.15) is 0 Å². The highest BCUT2D eigenvalue weighted by atomic mass is 127. The minimum atomic E-state index is 0. The summed E-state index contributed by atoms with van der Waals surface area (Å²) in [5, 5.41) is 3.18. The first kappa shape index (κ1) is 21.2. The number of halogens is 1. The van der Waals surface area contributed by atoms with Gasteiger partial charge in [0, 0.05) is 25.3 Å². The second kappa shape index (κ2) is 10.2. The molecule has 0 aliphatic carbocycles. The largest absolute Gasteiger partial charge is 0.370 e. The quantitative estimate of drug-likeness (QED) is 0.312. The molecule has 4 nitrogen and oxygen atoms in total. The predicted molar refractivity (Wildman–Crippen MR) is 115 cm³/mol. The molecule has 1 aromatic rings. The Balaban J connectivity index is 0.00000288. The van der Waals surface area contributed by atoms with Gasteiger partial charge in [-0.05, 0) is 68.3 Å². The Morgan fingerprint density at radius 1 is 1.21 bits per heavy atom. The van der Waals surface area contributed by atoms with Crippen LogP contribution in [0.25, 0.3) is 0 Å². The Morgan fingerprint density at radius 3 is 2.50 bits per heavy atom. The lowest BCUT2D eigenvalue weighted by atomic mass is 9.92. The van der Waals surface area contributed by atoms with Crippen molar-refractivity contribution in [1.82, 2.24) is 4.90 Å². The van der Waals surface area contributed by atoms with Gasteiger partial charge in [-0.15, -0.1) is 24.0 Å². The SMILES string of the molecule is Cc1ccc(NC(N)=NCCCN2CC(C)CC(C)C2)cc1C.I. The van der Waals surface area contributed by atoms with Crippen LogP contribution in [-0.4, -0.2) is 37.0 Å². The molecule has 0 amide bonds. The number of likely N-dealkylation sites (tertiary alicyclic amines) is 1. The summed E-state index contributed by atoms with van der Waals surface area (Å²) in [6.45, 7) is 13.3. The molecule has 0 aromatic heterocycles. The molecule has 0 spiro atoms. The molecule has 1 aliphatic heterocycles. The maximum Gasteiger partial charge on any atom is 0.193 e. The van der Waals surface area contributed by atoms with Crippen molar-refractivity contribution in [3.8, 4) is 0 Å². The zero-order chi connectivity index (χ0) is 16.8. The van der Waals surface area contributed by atoms with Gasteiger partial charge in [0.15, 0.2) is 5.96 Å². The molecule has 3 N–H and O–H groups in total. The zero-order valence-electron chi connectivity index (χ0n) is 15.5. The summed E-state index contributed by atoms with van der Waals surface area (Å²) >= 11 is 0. The van der Waals surface area contributed by atoms with Crippen molar-refractivity contribution in [2.24, 2.45) is 22.6 Å². The number of aryl methyl sites for hydroxylation is 2. The molecule has 2 rings (SSSR count). The Kier molecular flexibility index (Phi) is 9.05. The summed E-state index contributed by atoms with van der Waals surface area (Å²) in [7, 11) is 0. The van der Waals surface area contributed by atoms with E-state index in [1.165, 1.54) is 30.6 Å². The number of hydrogen-bond acceptors (Lipinski definition) is 2.